The molecule has 0 aliphatic heterocycles. The number of nitro benzene ring substituents is 1. The number of rotatable bonds is 3. The van der Waals surface area contributed by atoms with E-state index in [-0.39, 0.29) is 10.6 Å². The lowest BCUT2D eigenvalue weighted by Crippen LogP contribution is -2.24. The Kier molecular flexibility index (Phi) is 4.06. The quantitative estimate of drug-likeness (QED) is 0.598. The summed E-state index contributed by atoms with van der Waals surface area (Å²) < 4.78 is 0. The second-order valence-electron chi connectivity index (χ2n) is 7.39. The molecule has 0 radical (unpaired) electrons. The van der Waals surface area contributed by atoms with Gasteiger partial charge >= 0.3 is 0 Å². The monoisotopic (exact) mass is 349 g/mol. The predicted octanol–water partition coefficient (Wildman–Crippen LogP) is 5.38. The summed E-state index contributed by atoms with van der Waals surface area (Å²) in [5.74, 6) is 1.06. The first-order valence-electron chi connectivity index (χ1n) is 9.37. The van der Waals surface area contributed by atoms with Crippen LogP contribution in [0.5, 0.6) is 5.75 Å². The molecule has 0 fully saturated rings. The molecule has 2 atom stereocenters. The topological polar surface area (TPSA) is 63.4 Å². The Hall–Kier alpha value is -2.62. The number of fused-ring (bicyclic) bond motifs is 4. The molecular formula is C22H23NO3. The van der Waals surface area contributed by atoms with Crippen molar-refractivity contribution in [2.75, 3.05) is 0 Å². The summed E-state index contributed by atoms with van der Waals surface area (Å²) in [7, 11) is 0. The maximum absolute atomic E-state index is 11.2. The highest BCUT2D eigenvalue weighted by atomic mass is 16.6. The second kappa shape index (κ2) is 6.27. The van der Waals surface area contributed by atoms with Gasteiger partial charge in [-0.3, -0.25) is 10.1 Å². The van der Waals surface area contributed by atoms with Crippen LogP contribution in [0, 0.1) is 22.0 Å². The number of hydrogen-bond acceptors (Lipinski definition) is 3. The number of nitro groups is 1. The van der Waals surface area contributed by atoms with Gasteiger partial charge in [0.25, 0.3) is 5.69 Å². The van der Waals surface area contributed by atoms with Gasteiger partial charge in [0, 0.05) is 12.1 Å². The van der Waals surface area contributed by atoms with Crippen LogP contribution in [0.4, 0.5) is 5.69 Å². The van der Waals surface area contributed by atoms with Crippen LogP contribution >= 0.6 is 0 Å². The number of non-ortho nitro benzene ring substituents is 1. The maximum atomic E-state index is 11.2. The Morgan fingerprint density at radius 2 is 1.50 bits per heavy atom. The molecule has 4 nitrogen and oxygen atoms in total. The molecule has 0 amide bonds. The molecule has 2 aromatic rings. The van der Waals surface area contributed by atoms with Crippen molar-refractivity contribution in [3.63, 3.8) is 0 Å². The van der Waals surface area contributed by atoms with Gasteiger partial charge in [-0.05, 0) is 89.1 Å². The summed E-state index contributed by atoms with van der Waals surface area (Å²) >= 11 is 0. The van der Waals surface area contributed by atoms with E-state index in [4.69, 9.17) is 0 Å². The van der Waals surface area contributed by atoms with Crippen molar-refractivity contribution in [2.45, 2.75) is 39.5 Å². The molecule has 0 heterocycles. The van der Waals surface area contributed by atoms with Gasteiger partial charge in [0.15, 0.2) is 0 Å². The van der Waals surface area contributed by atoms with Gasteiger partial charge in [0.05, 0.1) is 4.92 Å². The lowest BCUT2D eigenvalue weighted by atomic mass is 9.66. The molecule has 134 valence electrons. The molecule has 4 heteroatoms. The molecule has 0 saturated carbocycles. The average molecular weight is 349 g/mol. The highest BCUT2D eigenvalue weighted by Gasteiger charge is 2.35. The van der Waals surface area contributed by atoms with Crippen LogP contribution in [0.15, 0.2) is 36.4 Å². The zero-order valence-electron chi connectivity index (χ0n) is 15.2. The lowest BCUT2D eigenvalue weighted by Gasteiger charge is -2.38. The molecule has 0 bridgehead atoms. The Bertz CT molecular complexity index is 929. The van der Waals surface area contributed by atoms with Crippen molar-refractivity contribution in [3.05, 3.63) is 68.8 Å². The van der Waals surface area contributed by atoms with E-state index in [2.05, 4.69) is 13.8 Å². The van der Waals surface area contributed by atoms with E-state index in [1.165, 1.54) is 27.8 Å². The van der Waals surface area contributed by atoms with E-state index in [1.54, 1.807) is 18.2 Å². The molecule has 2 aliphatic carbocycles. The standard InChI is InChI=1S/C22H23NO3/c1-3-13-9-15-11-17(23(25)26)5-7-19(15)21-14(4-2)10-16-12-18(24)6-8-20(16)22(13)21/h5-8,11-14,24H,3-4,9-10H2,1-2H3/t13-,14+/m0/s1. The first kappa shape index (κ1) is 16.8. The number of benzene rings is 2. The molecule has 0 saturated heterocycles. The molecule has 4 rings (SSSR count). The smallest absolute Gasteiger partial charge is 0.269 e. The lowest BCUT2D eigenvalue weighted by molar-refractivity contribution is -0.384. The maximum Gasteiger partial charge on any atom is 0.269 e. The molecule has 0 aromatic heterocycles. The van der Waals surface area contributed by atoms with E-state index in [1.807, 2.05) is 18.2 Å². The van der Waals surface area contributed by atoms with Gasteiger partial charge in [-0.1, -0.05) is 19.9 Å². The number of aromatic hydroxyl groups is 1. The van der Waals surface area contributed by atoms with E-state index in [0.29, 0.717) is 17.6 Å². The van der Waals surface area contributed by atoms with Crippen LogP contribution in [0.25, 0.3) is 11.1 Å². The SMILES string of the molecule is CC[C@@H]1Cc2cc(O)ccc2C2=C1c1ccc([N+](=O)[O-])cc1C[C@@H]2CC. The minimum atomic E-state index is -0.304. The molecule has 0 spiro atoms. The Balaban J connectivity index is 1.98. The number of allylic oxidation sites excluding steroid dienone is 2. The van der Waals surface area contributed by atoms with Crippen molar-refractivity contribution in [3.8, 4) is 5.75 Å². The molecule has 0 unspecified atom stereocenters. The zero-order valence-corrected chi connectivity index (χ0v) is 15.2. The number of nitrogens with zero attached hydrogens (tertiary/aromatic N) is 1. The third-order valence-electron chi connectivity index (χ3n) is 5.99. The van der Waals surface area contributed by atoms with Crippen molar-refractivity contribution in [1.29, 1.82) is 0 Å². The minimum absolute atomic E-state index is 0.178. The zero-order chi connectivity index (χ0) is 18.4. The number of phenolic OH excluding ortho intramolecular Hbond substituents is 1. The first-order chi connectivity index (χ1) is 12.5. The Labute approximate surface area is 153 Å². The van der Waals surface area contributed by atoms with Crippen LogP contribution < -0.4 is 0 Å². The van der Waals surface area contributed by atoms with E-state index in [0.717, 1.165) is 31.2 Å². The molecule has 2 aliphatic rings. The summed E-state index contributed by atoms with van der Waals surface area (Å²) in [5.41, 5.74) is 7.69. The second-order valence-corrected chi connectivity index (χ2v) is 7.39. The van der Waals surface area contributed by atoms with Crippen LogP contribution in [-0.4, -0.2) is 10.0 Å². The molecule has 2 aromatic carbocycles. The average Bonchev–Trinajstić information content (AvgIpc) is 2.65. The summed E-state index contributed by atoms with van der Waals surface area (Å²) in [6.45, 7) is 4.39. The summed E-state index contributed by atoms with van der Waals surface area (Å²) in [6.07, 6.45) is 3.76. The Morgan fingerprint density at radius 1 is 0.962 bits per heavy atom. The molecular weight excluding hydrogens is 326 g/mol. The van der Waals surface area contributed by atoms with Gasteiger partial charge in [0.2, 0.25) is 0 Å². The fourth-order valence-corrected chi connectivity index (χ4v) is 4.74. The normalized spacial score (nSPS) is 21.0. The van der Waals surface area contributed by atoms with E-state index < -0.39 is 0 Å². The predicted molar refractivity (Wildman–Crippen MR) is 103 cm³/mol. The van der Waals surface area contributed by atoms with Gasteiger partial charge in [-0.15, -0.1) is 0 Å². The van der Waals surface area contributed by atoms with Crippen LogP contribution in [0.2, 0.25) is 0 Å². The first-order valence-corrected chi connectivity index (χ1v) is 9.37. The third-order valence-corrected chi connectivity index (χ3v) is 5.99. The summed E-state index contributed by atoms with van der Waals surface area (Å²) in [5, 5.41) is 21.1. The van der Waals surface area contributed by atoms with E-state index >= 15 is 0 Å². The highest BCUT2D eigenvalue weighted by molar-refractivity contribution is 5.98. The highest BCUT2D eigenvalue weighted by Crippen LogP contribution is 2.51. The molecule has 26 heavy (non-hydrogen) atoms. The largest absolute Gasteiger partial charge is 0.508 e. The fraction of sp³-hybridized carbons (Fsp3) is 0.364. The van der Waals surface area contributed by atoms with Crippen LogP contribution in [0.3, 0.4) is 0 Å². The summed E-state index contributed by atoms with van der Waals surface area (Å²) in [6, 6.07) is 11.1. The number of hydrogen-bond donors (Lipinski definition) is 1. The van der Waals surface area contributed by atoms with Gasteiger partial charge in [-0.2, -0.15) is 0 Å². The van der Waals surface area contributed by atoms with Crippen LogP contribution in [-0.2, 0) is 12.8 Å². The Morgan fingerprint density at radius 3 is 2.04 bits per heavy atom. The minimum Gasteiger partial charge on any atom is -0.508 e. The third kappa shape index (κ3) is 2.52. The van der Waals surface area contributed by atoms with Crippen molar-refractivity contribution in [2.24, 2.45) is 11.8 Å². The molecule has 1 N–H and O–H groups in total. The van der Waals surface area contributed by atoms with Gasteiger partial charge in [-0.25, -0.2) is 0 Å². The fourth-order valence-electron chi connectivity index (χ4n) is 4.74. The summed E-state index contributed by atoms with van der Waals surface area (Å²) in [4.78, 5) is 10.9. The van der Waals surface area contributed by atoms with Crippen molar-refractivity contribution >= 4 is 16.8 Å². The van der Waals surface area contributed by atoms with E-state index in [9.17, 15) is 15.2 Å². The van der Waals surface area contributed by atoms with Gasteiger partial charge < -0.3 is 5.11 Å². The van der Waals surface area contributed by atoms with Gasteiger partial charge in [0.1, 0.15) is 5.75 Å². The van der Waals surface area contributed by atoms with Crippen molar-refractivity contribution in [1.82, 2.24) is 0 Å². The number of phenols is 1. The van der Waals surface area contributed by atoms with Crippen LogP contribution in [0.1, 0.15) is 48.9 Å². The van der Waals surface area contributed by atoms with Crippen molar-refractivity contribution < 1.29 is 10.0 Å².